The molecule has 5 N–H and O–H groups in total. The van der Waals surface area contributed by atoms with Crippen LogP contribution < -0.4 is 21.7 Å². The van der Waals surface area contributed by atoms with Gasteiger partial charge in [0.1, 0.15) is 12.4 Å². The zero-order valence-corrected chi connectivity index (χ0v) is 18.7. The van der Waals surface area contributed by atoms with Crippen LogP contribution in [0.15, 0.2) is 46.7 Å². The van der Waals surface area contributed by atoms with Crippen molar-refractivity contribution in [3.8, 4) is 0 Å². The molecule has 2 atom stereocenters. The highest BCUT2D eigenvalue weighted by Gasteiger charge is 2.27. The Labute approximate surface area is 180 Å². The summed E-state index contributed by atoms with van der Waals surface area (Å²) >= 11 is 0. The molecule has 2 rings (SSSR count). The van der Waals surface area contributed by atoms with Gasteiger partial charge in [0.2, 0.25) is 0 Å². The number of carbonyl (C=O) groups is 1. The van der Waals surface area contributed by atoms with Crippen molar-refractivity contribution in [1.82, 2.24) is 16.0 Å². The summed E-state index contributed by atoms with van der Waals surface area (Å²) < 4.78 is 5.40. The summed E-state index contributed by atoms with van der Waals surface area (Å²) in [5.41, 5.74) is 9.31. The van der Waals surface area contributed by atoms with E-state index in [1.54, 1.807) is 0 Å². The van der Waals surface area contributed by atoms with E-state index in [0.717, 1.165) is 49.3 Å². The van der Waals surface area contributed by atoms with E-state index < -0.39 is 6.09 Å². The molecule has 0 saturated carbocycles. The number of hydrogen-bond donors (Lipinski definition) is 4. The van der Waals surface area contributed by atoms with Crippen LogP contribution >= 0.6 is 0 Å². The SMILES string of the molecule is CNCCCNC1=C(C)N=C(N)C(CC(NC(=O)OCc2ccccc2)C(C)C)C1. The number of amides is 1. The highest BCUT2D eigenvalue weighted by Crippen LogP contribution is 2.26. The highest BCUT2D eigenvalue weighted by molar-refractivity contribution is 5.85. The summed E-state index contributed by atoms with van der Waals surface area (Å²) in [4.78, 5) is 16.9. The molecule has 1 amide bonds. The van der Waals surface area contributed by atoms with E-state index in [4.69, 9.17) is 10.5 Å². The Hall–Kier alpha value is -2.54. The lowest BCUT2D eigenvalue weighted by Gasteiger charge is -2.30. The maximum absolute atomic E-state index is 12.4. The molecule has 30 heavy (non-hydrogen) atoms. The normalized spacial score (nSPS) is 17.5. The molecular weight excluding hydrogens is 378 g/mol. The van der Waals surface area contributed by atoms with Crippen molar-refractivity contribution in [2.45, 2.75) is 52.7 Å². The first-order valence-electron chi connectivity index (χ1n) is 10.8. The molecule has 0 aliphatic carbocycles. The number of nitrogens with one attached hydrogen (secondary N) is 3. The Morgan fingerprint density at radius 1 is 1.27 bits per heavy atom. The topological polar surface area (TPSA) is 101 Å². The molecule has 2 unspecified atom stereocenters. The number of nitrogens with two attached hydrogens (primary N) is 1. The van der Waals surface area contributed by atoms with Crippen molar-refractivity contribution in [2.24, 2.45) is 22.6 Å². The van der Waals surface area contributed by atoms with Crippen LogP contribution in [0.5, 0.6) is 0 Å². The van der Waals surface area contributed by atoms with Gasteiger partial charge in [0, 0.05) is 24.2 Å². The molecule has 1 aromatic carbocycles. The Bertz CT molecular complexity index is 730. The smallest absolute Gasteiger partial charge is 0.407 e. The van der Waals surface area contributed by atoms with Crippen molar-refractivity contribution in [1.29, 1.82) is 0 Å². The maximum atomic E-state index is 12.4. The minimum atomic E-state index is -0.402. The molecule has 1 aromatic rings. The summed E-state index contributed by atoms with van der Waals surface area (Å²) in [6, 6.07) is 9.63. The lowest BCUT2D eigenvalue weighted by Crippen LogP contribution is -2.43. The predicted octanol–water partition coefficient (Wildman–Crippen LogP) is 3.14. The van der Waals surface area contributed by atoms with Gasteiger partial charge in [-0.25, -0.2) is 9.79 Å². The summed E-state index contributed by atoms with van der Waals surface area (Å²) in [7, 11) is 1.95. The number of benzene rings is 1. The maximum Gasteiger partial charge on any atom is 0.407 e. The van der Waals surface area contributed by atoms with E-state index in [9.17, 15) is 4.79 Å². The highest BCUT2D eigenvalue weighted by atomic mass is 16.5. The van der Waals surface area contributed by atoms with Crippen LogP contribution in [0.3, 0.4) is 0 Å². The van der Waals surface area contributed by atoms with Crippen LogP contribution in [0, 0.1) is 11.8 Å². The van der Waals surface area contributed by atoms with Gasteiger partial charge in [0.25, 0.3) is 0 Å². The standard InChI is InChI=1S/C23H37N5O2/c1-16(2)20(28-23(29)30-15-18-9-6-5-7-10-18)13-19-14-21(17(3)27-22(19)24)26-12-8-11-25-4/h5-7,9-10,16,19-20,25-26H,8,11-15H2,1-4H3,(H2,24,27)(H,28,29). The fourth-order valence-corrected chi connectivity index (χ4v) is 3.48. The van der Waals surface area contributed by atoms with Gasteiger partial charge < -0.3 is 26.4 Å². The van der Waals surface area contributed by atoms with Gasteiger partial charge in [0.15, 0.2) is 0 Å². The zero-order valence-electron chi connectivity index (χ0n) is 18.7. The number of amidine groups is 1. The van der Waals surface area contributed by atoms with E-state index in [2.05, 4.69) is 34.8 Å². The Kier molecular flexibility index (Phi) is 9.67. The molecule has 1 aliphatic rings. The molecule has 1 heterocycles. The molecule has 0 aromatic heterocycles. The molecule has 0 bridgehead atoms. The fourth-order valence-electron chi connectivity index (χ4n) is 3.48. The van der Waals surface area contributed by atoms with Gasteiger partial charge in [-0.3, -0.25) is 0 Å². The first-order chi connectivity index (χ1) is 14.4. The predicted molar refractivity (Wildman–Crippen MR) is 122 cm³/mol. The van der Waals surface area contributed by atoms with Crippen molar-refractivity contribution in [2.75, 3.05) is 20.1 Å². The third kappa shape index (κ3) is 7.71. The quantitative estimate of drug-likeness (QED) is 0.416. The van der Waals surface area contributed by atoms with Gasteiger partial charge in [-0.15, -0.1) is 0 Å². The fraction of sp³-hybridized carbons (Fsp3) is 0.565. The van der Waals surface area contributed by atoms with Gasteiger partial charge in [-0.05, 0) is 51.3 Å². The average Bonchev–Trinajstić information content (AvgIpc) is 2.72. The number of allylic oxidation sites excluding steroid dienone is 2. The number of alkyl carbamates (subject to hydrolysis) is 1. The third-order valence-corrected chi connectivity index (χ3v) is 5.40. The molecule has 7 heteroatoms. The molecule has 0 radical (unpaired) electrons. The second kappa shape index (κ2) is 12.2. The van der Waals surface area contributed by atoms with Crippen LogP contribution in [0.2, 0.25) is 0 Å². The van der Waals surface area contributed by atoms with Crippen LogP contribution in [-0.4, -0.2) is 38.1 Å². The van der Waals surface area contributed by atoms with Crippen LogP contribution in [-0.2, 0) is 11.3 Å². The van der Waals surface area contributed by atoms with Crippen molar-refractivity contribution >= 4 is 11.9 Å². The van der Waals surface area contributed by atoms with E-state index in [1.165, 1.54) is 0 Å². The summed E-state index contributed by atoms with van der Waals surface area (Å²) in [6.45, 7) is 8.30. The van der Waals surface area contributed by atoms with Gasteiger partial charge >= 0.3 is 6.09 Å². The third-order valence-electron chi connectivity index (χ3n) is 5.40. The van der Waals surface area contributed by atoms with Crippen LogP contribution in [0.4, 0.5) is 4.79 Å². The minimum absolute atomic E-state index is 0.0454. The van der Waals surface area contributed by atoms with Crippen molar-refractivity contribution < 1.29 is 9.53 Å². The molecular formula is C23H37N5O2. The minimum Gasteiger partial charge on any atom is -0.445 e. The number of aliphatic imine (C=N–C) groups is 1. The summed E-state index contributed by atoms with van der Waals surface area (Å²) in [5.74, 6) is 0.974. The molecule has 1 aliphatic heterocycles. The van der Waals surface area contributed by atoms with Gasteiger partial charge in [-0.2, -0.15) is 0 Å². The molecule has 0 spiro atoms. The first kappa shape index (κ1) is 23.7. The lowest BCUT2D eigenvalue weighted by molar-refractivity contribution is 0.131. The van der Waals surface area contributed by atoms with Crippen molar-refractivity contribution in [3.05, 3.63) is 47.3 Å². The van der Waals surface area contributed by atoms with E-state index >= 15 is 0 Å². The largest absolute Gasteiger partial charge is 0.445 e. The van der Waals surface area contributed by atoms with Crippen molar-refractivity contribution in [3.63, 3.8) is 0 Å². The number of rotatable bonds is 11. The number of nitrogens with zero attached hydrogens (tertiary/aromatic N) is 1. The second-order valence-corrected chi connectivity index (χ2v) is 8.18. The molecule has 166 valence electrons. The van der Waals surface area contributed by atoms with Crippen LogP contribution in [0.25, 0.3) is 0 Å². The average molecular weight is 416 g/mol. The van der Waals surface area contributed by atoms with E-state index in [-0.39, 0.29) is 24.5 Å². The first-order valence-corrected chi connectivity index (χ1v) is 10.8. The zero-order chi connectivity index (χ0) is 21.9. The van der Waals surface area contributed by atoms with Crippen LogP contribution in [0.1, 0.15) is 45.6 Å². The number of carbonyl (C=O) groups excluding carboxylic acids is 1. The molecule has 0 saturated heterocycles. The van der Waals surface area contributed by atoms with E-state index in [1.807, 2.05) is 44.3 Å². The Morgan fingerprint density at radius 2 is 2.00 bits per heavy atom. The summed E-state index contributed by atoms with van der Waals surface area (Å²) in [6.07, 6.45) is 2.18. The van der Waals surface area contributed by atoms with E-state index in [0.29, 0.717) is 5.84 Å². The Balaban J connectivity index is 1.90. The lowest BCUT2D eigenvalue weighted by atomic mass is 9.87. The molecule has 0 fully saturated rings. The number of ether oxygens (including phenoxy) is 1. The summed E-state index contributed by atoms with van der Waals surface area (Å²) in [5, 5.41) is 9.68. The second-order valence-electron chi connectivity index (χ2n) is 8.18. The van der Waals surface area contributed by atoms with Gasteiger partial charge in [-0.1, -0.05) is 44.2 Å². The Morgan fingerprint density at radius 3 is 2.67 bits per heavy atom. The van der Waals surface area contributed by atoms with Gasteiger partial charge in [0.05, 0.1) is 5.70 Å². The molecule has 7 nitrogen and oxygen atoms in total. The monoisotopic (exact) mass is 415 g/mol. The number of hydrogen-bond acceptors (Lipinski definition) is 6.